The molecule has 0 spiro atoms. The van der Waals surface area contributed by atoms with Gasteiger partial charge in [-0.25, -0.2) is 0 Å². The third kappa shape index (κ3) is 5.34. The number of ether oxygens (including phenoxy) is 2. The molecular formula is C21H22N2O4. The van der Waals surface area contributed by atoms with Crippen LogP contribution in [-0.4, -0.2) is 25.0 Å². The molecule has 2 amide bonds. The van der Waals surface area contributed by atoms with Crippen molar-refractivity contribution in [2.24, 2.45) is 0 Å². The number of carbonyl (C=O) groups is 2. The highest BCUT2D eigenvalue weighted by molar-refractivity contribution is 5.93. The third-order valence-electron chi connectivity index (χ3n) is 4.03. The summed E-state index contributed by atoms with van der Waals surface area (Å²) in [5, 5.41) is 0. The van der Waals surface area contributed by atoms with Crippen molar-refractivity contribution in [1.29, 1.82) is 0 Å². The minimum Gasteiger partial charge on any atom is -0.493 e. The van der Waals surface area contributed by atoms with Crippen LogP contribution >= 0.6 is 0 Å². The summed E-state index contributed by atoms with van der Waals surface area (Å²) in [6.45, 7) is 4.43. The highest BCUT2D eigenvalue weighted by Crippen LogP contribution is 2.26. The van der Waals surface area contributed by atoms with Crippen molar-refractivity contribution in [3.05, 3.63) is 64.7 Å². The first-order valence-corrected chi connectivity index (χ1v) is 8.73. The van der Waals surface area contributed by atoms with Crippen molar-refractivity contribution in [3.8, 4) is 11.5 Å². The van der Waals surface area contributed by atoms with E-state index in [1.54, 1.807) is 6.08 Å². The van der Waals surface area contributed by atoms with E-state index in [0.29, 0.717) is 12.4 Å². The maximum absolute atomic E-state index is 11.8. The molecule has 140 valence electrons. The quantitative estimate of drug-likeness (QED) is 0.630. The maximum atomic E-state index is 11.8. The third-order valence-corrected chi connectivity index (χ3v) is 4.03. The summed E-state index contributed by atoms with van der Waals surface area (Å²) < 4.78 is 10.9. The summed E-state index contributed by atoms with van der Waals surface area (Å²) in [5.74, 6) is 0.652. The number of hydrogen-bond acceptors (Lipinski definition) is 4. The van der Waals surface area contributed by atoms with E-state index in [0.717, 1.165) is 34.4 Å². The zero-order chi connectivity index (χ0) is 19.2. The van der Waals surface area contributed by atoms with Crippen molar-refractivity contribution >= 4 is 17.9 Å². The SMILES string of the molecule is Cc1cc(C)cc(OCC(=O)NNC(=O)/C=C/c2ccc3c(c2)CCO3)c1. The molecule has 0 radical (unpaired) electrons. The average molecular weight is 366 g/mol. The second kappa shape index (κ2) is 8.40. The summed E-state index contributed by atoms with van der Waals surface area (Å²) in [5.41, 5.74) is 8.81. The number of nitrogens with one attached hydrogen (secondary N) is 2. The van der Waals surface area contributed by atoms with Crippen molar-refractivity contribution in [1.82, 2.24) is 10.9 Å². The summed E-state index contributed by atoms with van der Waals surface area (Å²) in [4.78, 5) is 23.6. The van der Waals surface area contributed by atoms with Crippen LogP contribution in [0, 0.1) is 13.8 Å². The molecule has 0 fully saturated rings. The summed E-state index contributed by atoms with van der Waals surface area (Å²) in [6, 6.07) is 11.5. The Bertz CT molecular complexity index is 869. The largest absolute Gasteiger partial charge is 0.493 e. The molecule has 2 N–H and O–H groups in total. The van der Waals surface area contributed by atoms with Crippen LogP contribution in [0.1, 0.15) is 22.3 Å². The van der Waals surface area contributed by atoms with E-state index in [9.17, 15) is 9.59 Å². The Morgan fingerprint density at radius 3 is 2.67 bits per heavy atom. The lowest BCUT2D eigenvalue weighted by Crippen LogP contribution is -2.43. The molecule has 1 aliphatic rings. The van der Waals surface area contributed by atoms with Crippen LogP contribution in [0.3, 0.4) is 0 Å². The van der Waals surface area contributed by atoms with Crippen molar-refractivity contribution in [2.75, 3.05) is 13.2 Å². The number of hydrogen-bond donors (Lipinski definition) is 2. The van der Waals surface area contributed by atoms with Crippen LogP contribution in [0.4, 0.5) is 0 Å². The molecular weight excluding hydrogens is 344 g/mol. The van der Waals surface area contributed by atoms with Gasteiger partial charge in [0.15, 0.2) is 6.61 Å². The lowest BCUT2D eigenvalue weighted by molar-refractivity contribution is -0.128. The molecule has 0 unspecified atom stereocenters. The van der Waals surface area contributed by atoms with Crippen LogP contribution < -0.4 is 20.3 Å². The van der Waals surface area contributed by atoms with E-state index in [2.05, 4.69) is 10.9 Å². The lowest BCUT2D eigenvalue weighted by atomic mass is 10.1. The fraction of sp³-hybridized carbons (Fsp3) is 0.238. The standard InChI is InChI=1S/C21H22N2O4/c1-14-9-15(2)11-18(10-14)27-13-21(25)23-22-20(24)6-4-16-3-5-19-17(12-16)7-8-26-19/h3-6,9-12H,7-8,13H2,1-2H3,(H,22,24)(H,23,25)/b6-4+. The fourth-order valence-corrected chi connectivity index (χ4v) is 2.86. The van der Waals surface area contributed by atoms with Gasteiger partial charge in [-0.3, -0.25) is 20.4 Å². The predicted molar refractivity (Wildman–Crippen MR) is 102 cm³/mol. The minimum absolute atomic E-state index is 0.183. The van der Waals surface area contributed by atoms with Gasteiger partial charge >= 0.3 is 0 Å². The molecule has 0 atom stereocenters. The Morgan fingerprint density at radius 1 is 1.11 bits per heavy atom. The number of rotatable bonds is 5. The zero-order valence-corrected chi connectivity index (χ0v) is 15.4. The van der Waals surface area contributed by atoms with Crippen molar-refractivity contribution in [3.63, 3.8) is 0 Å². The molecule has 0 saturated heterocycles. The van der Waals surface area contributed by atoms with Crippen LogP contribution in [0.15, 0.2) is 42.5 Å². The highest BCUT2D eigenvalue weighted by Gasteiger charge is 2.11. The molecule has 0 bridgehead atoms. The number of amides is 2. The first-order valence-electron chi connectivity index (χ1n) is 8.73. The van der Waals surface area contributed by atoms with E-state index in [4.69, 9.17) is 9.47 Å². The van der Waals surface area contributed by atoms with Gasteiger partial charge in [-0.15, -0.1) is 0 Å². The Hall–Kier alpha value is -3.28. The van der Waals surface area contributed by atoms with Gasteiger partial charge in [0, 0.05) is 12.5 Å². The first kappa shape index (κ1) is 18.5. The monoisotopic (exact) mass is 366 g/mol. The molecule has 1 heterocycles. The van der Waals surface area contributed by atoms with E-state index in [-0.39, 0.29) is 6.61 Å². The van der Waals surface area contributed by atoms with Gasteiger partial charge in [-0.05, 0) is 66.4 Å². The maximum Gasteiger partial charge on any atom is 0.276 e. The van der Waals surface area contributed by atoms with Crippen LogP contribution in [0.2, 0.25) is 0 Å². The predicted octanol–water partition coefficient (Wildman–Crippen LogP) is 2.48. The summed E-state index contributed by atoms with van der Waals surface area (Å²) in [7, 11) is 0. The fourth-order valence-electron chi connectivity index (χ4n) is 2.86. The van der Waals surface area contributed by atoms with Gasteiger partial charge in [0.05, 0.1) is 6.61 Å². The number of benzene rings is 2. The molecule has 1 aliphatic heterocycles. The molecule has 0 aliphatic carbocycles. The van der Waals surface area contributed by atoms with Gasteiger partial charge in [-0.1, -0.05) is 12.1 Å². The van der Waals surface area contributed by atoms with E-state index >= 15 is 0 Å². The van der Waals surface area contributed by atoms with Crippen LogP contribution in [0.5, 0.6) is 11.5 Å². The van der Waals surface area contributed by atoms with Crippen molar-refractivity contribution in [2.45, 2.75) is 20.3 Å². The minimum atomic E-state index is -0.439. The number of carbonyl (C=O) groups excluding carboxylic acids is 2. The van der Waals surface area contributed by atoms with Crippen LogP contribution in [0.25, 0.3) is 6.08 Å². The summed E-state index contributed by atoms with van der Waals surface area (Å²) >= 11 is 0. The lowest BCUT2D eigenvalue weighted by Gasteiger charge is -2.09. The smallest absolute Gasteiger partial charge is 0.276 e. The highest BCUT2D eigenvalue weighted by atomic mass is 16.5. The first-order chi connectivity index (χ1) is 13.0. The Balaban J connectivity index is 1.43. The van der Waals surface area contributed by atoms with E-state index in [1.165, 1.54) is 6.08 Å². The normalized spacial score (nSPS) is 12.4. The molecule has 3 rings (SSSR count). The molecule has 0 aromatic heterocycles. The number of hydrazine groups is 1. The molecule has 6 heteroatoms. The van der Waals surface area contributed by atoms with Gasteiger partial charge in [0.25, 0.3) is 11.8 Å². The average Bonchev–Trinajstić information content (AvgIpc) is 3.10. The Kier molecular flexibility index (Phi) is 5.76. The van der Waals surface area contributed by atoms with Crippen LogP contribution in [-0.2, 0) is 16.0 Å². The molecule has 27 heavy (non-hydrogen) atoms. The molecule has 2 aromatic rings. The van der Waals surface area contributed by atoms with Gasteiger partial charge < -0.3 is 9.47 Å². The Morgan fingerprint density at radius 2 is 1.89 bits per heavy atom. The summed E-state index contributed by atoms with van der Waals surface area (Å²) in [6.07, 6.45) is 3.93. The second-order valence-corrected chi connectivity index (χ2v) is 6.45. The van der Waals surface area contributed by atoms with E-state index < -0.39 is 11.8 Å². The van der Waals surface area contributed by atoms with E-state index in [1.807, 2.05) is 50.2 Å². The molecule has 0 saturated carbocycles. The topological polar surface area (TPSA) is 76.7 Å². The number of aryl methyl sites for hydroxylation is 2. The Labute approximate surface area is 158 Å². The number of fused-ring (bicyclic) bond motifs is 1. The molecule has 2 aromatic carbocycles. The van der Waals surface area contributed by atoms with Crippen molar-refractivity contribution < 1.29 is 19.1 Å². The van der Waals surface area contributed by atoms with Gasteiger partial charge in [-0.2, -0.15) is 0 Å². The van der Waals surface area contributed by atoms with Gasteiger partial charge in [0.1, 0.15) is 11.5 Å². The zero-order valence-electron chi connectivity index (χ0n) is 15.4. The molecule has 6 nitrogen and oxygen atoms in total. The second-order valence-electron chi connectivity index (χ2n) is 6.45. The van der Waals surface area contributed by atoms with Gasteiger partial charge in [0.2, 0.25) is 0 Å².